The Hall–Kier alpha value is -1.85. The van der Waals surface area contributed by atoms with Crippen molar-refractivity contribution in [2.45, 2.75) is 6.92 Å². The van der Waals surface area contributed by atoms with Crippen molar-refractivity contribution >= 4 is 45.1 Å². The minimum Gasteiger partial charge on any atom is -0.478 e. The molecule has 2 N–H and O–H groups in total. The zero-order valence-corrected chi connectivity index (χ0v) is 13.3. The summed E-state index contributed by atoms with van der Waals surface area (Å²) in [6.07, 6.45) is 0. The molecule has 0 unspecified atom stereocenters. The molecule has 0 saturated heterocycles. The normalized spacial score (nSPS) is 10.2. The zero-order valence-electron chi connectivity index (χ0n) is 11.0. The molecule has 0 atom stereocenters. The maximum absolute atomic E-state index is 12.1. The van der Waals surface area contributed by atoms with Gasteiger partial charge in [0.05, 0.1) is 16.3 Å². The minimum absolute atomic E-state index is 0.0658. The van der Waals surface area contributed by atoms with E-state index in [-0.39, 0.29) is 16.5 Å². The number of anilines is 1. The fourth-order valence-corrected chi connectivity index (χ4v) is 2.28. The number of nitrogens with one attached hydrogen (secondary N) is 1. The number of carbonyl (C=O) groups is 2. The molecule has 108 valence electrons. The quantitative estimate of drug-likeness (QED) is 0.846. The van der Waals surface area contributed by atoms with Crippen LogP contribution in [0.25, 0.3) is 0 Å². The number of aromatic carboxylic acids is 1. The molecule has 0 aliphatic heterocycles. The van der Waals surface area contributed by atoms with Gasteiger partial charge in [0.15, 0.2) is 0 Å². The predicted octanol–water partition coefficient (Wildman–Crippen LogP) is 4.36. The number of carbonyl (C=O) groups excluding carboxylic acids is 1. The van der Waals surface area contributed by atoms with Crippen molar-refractivity contribution in [2.75, 3.05) is 5.32 Å². The SMILES string of the molecule is Cc1ccc(C(=O)Nc2ccc(C(=O)O)cc2Cl)cc1Br. The van der Waals surface area contributed by atoms with E-state index >= 15 is 0 Å². The lowest BCUT2D eigenvalue weighted by Gasteiger charge is -2.09. The molecule has 0 bridgehead atoms. The highest BCUT2D eigenvalue weighted by atomic mass is 79.9. The fraction of sp³-hybridized carbons (Fsp3) is 0.0667. The Balaban J connectivity index is 2.23. The lowest BCUT2D eigenvalue weighted by molar-refractivity contribution is 0.0696. The fourth-order valence-electron chi connectivity index (χ4n) is 1.68. The third-order valence-electron chi connectivity index (χ3n) is 2.90. The highest BCUT2D eigenvalue weighted by molar-refractivity contribution is 9.10. The molecule has 0 aliphatic carbocycles. The van der Waals surface area contributed by atoms with Crippen molar-refractivity contribution < 1.29 is 14.7 Å². The number of carboxylic acids is 1. The summed E-state index contributed by atoms with van der Waals surface area (Å²) in [6.45, 7) is 1.92. The third kappa shape index (κ3) is 3.62. The Kier molecular flexibility index (Phi) is 4.65. The maximum atomic E-state index is 12.1. The van der Waals surface area contributed by atoms with E-state index in [1.54, 1.807) is 12.1 Å². The number of aryl methyl sites for hydroxylation is 1. The van der Waals surface area contributed by atoms with Gasteiger partial charge in [-0.25, -0.2) is 4.79 Å². The Morgan fingerprint density at radius 1 is 1.14 bits per heavy atom. The van der Waals surface area contributed by atoms with E-state index in [9.17, 15) is 9.59 Å². The molecule has 0 spiro atoms. The van der Waals surface area contributed by atoms with Crippen molar-refractivity contribution in [3.63, 3.8) is 0 Å². The van der Waals surface area contributed by atoms with Gasteiger partial charge in [-0.05, 0) is 42.8 Å². The van der Waals surface area contributed by atoms with Gasteiger partial charge < -0.3 is 10.4 Å². The van der Waals surface area contributed by atoms with Gasteiger partial charge in [-0.1, -0.05) is 33.6 Å². The van der Waals surface area contributed by atoms with E-state index in [1.165, 1.54) is 18.2 Å². The molecular weight excluding hydrogens is 358 g/mol. The number of carboxylic acid groups (broad SMARTS) is 1. The summed E-state index contributed by atoms with van der Waals surface area (Å²) in [5.74, 6) is -1.39. The Labute approximate surface area is 134 Å². The topological polar surface area (TPSA) is 66.4 Å². The summed E-state index contributed by atoms with van der Waals surface area (Å²) in [5, 5.41) is 11.7. The van der Waals surface area contributed by atoms with E-state index in [2.05, 4.69) is 21.2 Å². The van der Waals surface area contributed by atoms with E-state index in [0.717, 1.165) is 10.0 Å². The van der Waals surface area contributed by atoms with Crippen LogP contribution < -0.4 is 5.32 Å². The van der Waals surface area contributed by atoms with Crippen LogP contribution in [0.1, 0.15) is 26.3 Å². The number of benzene rings is 2. The molecule has 2 aromatic carbocycles. The second-order valence-electron chi connectivity index (χ2n) is 4.42. The van der Waals surface area contributed by atoms with Crippen LogP contribution in [-0.4, -0.2) is 17.0 Å². The first kappa shape index (κ1) is 15.5. The smallest absolute Gasteiger partial charge is 0.335 e. The summed E-state index contributed by atoms with van der Waals surface area (Å²) in [4.78, 5) is 23.0. The van der Waals surface area contributed by atoms with Gasteiger partial charge in [-0.3, -0.25) is 4.79 Å². The Morgan fingerprint density at radius 3 is 2.38 bits per heavy atom. The second-order valence-corrected chi connectivity index (χ2v) is 5.68. The minimum atomic E-state index is -1.07. The van der Waals surface area contributed by atoms with E-state index in [0.29, 0.717) is 11.3 Å². The first-order valence-electron chi connectivity index (χ1n) is 5.99. The molecule has 1 amide bonds. The maximum Gasteiger partial charge on any atom is 0.335 e. The van der Waals surface area contributed by atoms with Gasteiger partial charge in [0, 0.05) is 10.0 Å². The van der Waals surface area contributed by atoms with Gasteiger partial charge in [-0.2, -0.15) is 0 Å². The van der Waals surface area contributed by atoms with Crippen LogP contribution in [0.5, 0.6) is 0 Å². The summed E-state index contributed by atoms with van der Waals surface area (Å²) in [5.41, 5.74) is 1.93. The van der Waals surface area contributed by atoms with E-state index in [4.69, 9.17) is 16.7 Å². The van der Waals surface area contributed by atoms with Crippen LogP contribution in [0.2, 0.25) is 5.02 Å². The van der Waals surface area contributed by atoms with Crippen LogP contribution >= 0.6 is 27.5 Å². The number of amides is 1. The Bertz CT molecular complexity index is 731. The molecule has 0 fully saturated rings. The van der Waals surface area contributed by atoms with Crippen molar-refractivity contribution in [3.05, 3.63) is 62.6 Å². The molecule has 4 nitrogen and oxygen atoms in total. The number of halogens is 2. The monoisotopic (exact) mass is 367 g/mol. The van der Waals surface area contributed by atoms with Gasteiger partial charge in [0.2, 0.25) is 0 Å². The molecule has 0 aliphatic rings. The summed E-state index contributed by atoms with van der Waals surface area (Å²) in [6, 6.07) is 9.39. The van der Waals surface area contributed by atoms with Gasteiger partial charge in [0.1, 0.15) is 0 Å². The summed E-state index contributed by atoms with van der Waals surface area (Å²) >= 11 is 9.34. The molecule has 6 heteroatoms. The van der Waals surface area contributed by atoms with Crippen LogP contribution in [-0.2, 0) is 0 Å². The van der Waals surface area contributed by atoms with Crippen molar-refractivity contribution in [1.82, 2.24) is 0 Å². The van der Waals surface area contributed by atoms with Crippen molar-refractivity contribution in [1.29, 1.82) is 0 Å². The zero-order chi connectivity index (χ0) is 15.6. The molecule has 0 saturated carbocycles. The second kappa shape index (κ2) is 6.28. The highest BCUT2D eigenvalue weighted by Crippen LogP contribution is 2.24. The van der Waals surface area contributed by atoms with Crippen LogP contribution in [0.15, 0.2) is 40.9 Å². The van der Waals surface area contributed by atoms with Crippen LogP contribution in [0.3, 0.4) is 0 Å². The summed E-state index contributed by atoms with van der Waals surface area (Å²) < 4.78 is 0.836. The molecule has 21 heavy (non-hydrogen) atoms. The molecule has 0 heterocycles. The largest absolute Gasteiger partial charge is 0.478 e. The lowest BCUT2D eigenvalue weighted by atomic mass is 10.1. The van der Waals surface area contributed by atoms with Crippen LogP contribution in [0, 0.1) is 6.92 Å². The first-order chi connectivity index (χ1) is 9.88. The van der Waals surface area contributed by atoms with E-state index < -0.39 is 5.97 Å². The van der Waals surface area contributed by atoms with E-state index in [1.807, 2.05) is 13.0 Å². The number of hydrogen-bond acceptors (Lipinski definition) is 2. The van der Waals surface area contributed by atoms with Crippen LogP contribution in [0.4, 0.5) is 5.69 Å². The molecule has 2 aromatic rings. The molecule has 2 rings (SSSR count). The molecule has 0 aromatic heterocycles. The van der Waals surface area contributed by atoms with Gasteiger partial charge in [0.25, 0.3) is 5.91 Å². The van der Waals surface area contributed by atoms with Gasteiger partial charge >= 0.3 is 5.97 Å². The average molecular weight is 369 g/mol. The average Bonchev–Trinajstić information content (AvgIpc) is 2.43. The standard InChI is InChI=1S/C15H11BrClNO3/c1-8-2-3-9(6-11(8)16)14(19)18-13-5-4-10(15(20)21)7-12(13)17/h2-7H,1H3,(H,18,19)(H,20,21). The highest BCUT2D eigenvalue weighted by Gasteiger charge is 2.11. The molecular formula is C15H11BrClNO3. The van der Waals surface area contributed by atoms with Gasteiger partial charge in [-0.15, -0.1) is 0 Å². The Morgan fingerprint density at radius 2 is 1.81 bits per heavy atom. The lowest BCUT2D eigenvalue weighted by Crippen LogP contribution is -2.12. The number of hydrogen-bond donors (Lipinski definition) is 2. The first-order valence-corrected chi connectivity index (χ1v) is 7.16. The third-order valence-corrected chi connectivity index (χ3v) is 4.07. The van der Waals surface area contributed by atoms with Crippen molar-refractivity contribution in [2.24, 2.45) is 0 Å². The number of rotatable bonds is 3. The summed E-state index contributed by atoms with van der Waals surface area (Å²) in [7, 11) is 0. The predicted molar refractivity (Wildman–Crippen MR) is 85.2 cm³/mol. The van der Waals surface area contributed by atoms with Crippen molar-refractivity contribution in [3.8, 4) is 0 Å². The molecule has 0 radical (unpaired) electrons.